The molecule has 1 unspecified atom stereocenters. The van der Waals surface area contributed by atoms with E-state index in [0.717, 1.165) is 5.56 Å². The lowest BCUT2D eigenvalue weighted by Crippen LogP contribution is -2.59. The number of nitrogens with one attached hydrogen (secondary N) is 3. The Kier molecular flexibility index (Phi) is 13.5. The number of rotatable bonds is 15. The molecule has 9 nitrogen and oxygen atoms in total. The maximum atomic E-state index is 15.1. The summed E-state index contributed by atoms with van der Waals surface area (Å²) < 4.78 is 35.4. The van der Waals surface area contributed by atoms with Crippen LogP contribution in [0.2, 0.25) is 10.0 Å². The van der Waals surface area contributed by atoms with Crippen LogP contribution < -0.4 is 16.0 Å². The first kappa shape index (κ1) is 35.4. The Bertz CT molecular complexity index is 1290. The summed E-state index contributed by atoms with van der Waals surface area (Å²) in [5.74, 6) is -9.91. The molecular weight excluding hydrogens is 617 g/mol. The molecule has 2 atom stereocenters. The largest absolute Gasteiger partial charge is 0.383 e. The molecule has 0 spiro atoms. The Balaban J connectivity index is 1.66. The van der Waals surface area contributed by atoms with Crippen molar-refractivity contribution in [2.75, 3.05) is 39.4 Å². The molecule has 2 aromatic rings. The van der Waals surface area contributed by atoms with Crippen molar-refractivity contribution < 1.29 is 32.7 Å². The number of carbonyl (C=O) groups is 4. The van der Waals surface area contributed by atoms with E-state index in [4.69, 9.17) is 27.9 Å². The highest BCUT2D eigenvalue weighted by Crippen LogP contribution is 2.23. The summed E-state index contributed by atoms with van der Waals surface area (Å²) >= 11 is 12.0. The molecule has 44 heavy (non-hydrogen) atoms. The van der Waals surface area contributed by atoms with Crippen molar-refractivity contribution in [3.05, 3.63) is 69.7 Å². The molecule has 3 N–H and O–H groups in total. The van der Waals surface area contributed by atoms with Gasteiger partial charge in [-0.05, 0) is 35.6 Å². The number of Topliss-reactive ketones (excluding diaryl/α,β-unsaturated/α-hetero) is 1. The lowest BCUT2D eigenvalue weighted by atomic mass is 9.94. The van der Waals surface area contributed by atoms with Crippen molar-refractivity contribution >= 4 is 46.7 Å². The van der Waals surface area contributed by atoms with Gasteiger partial charge in [-0.25, -0.2) is 0 Å². The van der Waals surface area contributed by atoms with Crippen molar-refractivity contribution in [3.63, 3.8) is 0 Å². The second kappa shape index (κ2) is 16.8. The number of ketones is 1. The fourth-order valence-corrected chi connectivity index (χ4v) is 4.96. The lowest BCUT2D eigenvalue weighted by molar-refractivity contribution is -0.161. The van der Waals surface area contributed by atoms with Crippen LogP contribution in [0, 0.1) is 5.92 Å². The molecule has 3 rings (SSSR count). The molecule has 13 heteroatoms. The third-order valence-electron chi connectivity index (χ3n) is 7.22. The van der Waals surface area contributed by atoms with Crippen molar-refractivity contribution in [3.8, 4) is 0 Å². The summed E-state index contributed by atoms with van der Waals surface area (Å²) in [6.07, 6.45) is 0.358. The normalized spacial score (nSPS) is 15.3. The van der Waals surface area contributed by atoms with E-state index in [9.17, 15) is 19.2 Å². The van der Waals surface area contributed by atoms with Gasteiger partial charge in [0.2, 0.25) is 17.6 Å². The molecule has 0 bridgehead atoms. The zero-order valence-electron chi connectivity index (χ0n) is 24.7. The van der Waals surface area contributed by atoms with Crippen LogP contribution in [0.5, 0.6) is 0 Å². The number of amides is 3. The number of ether oxygens (including phenoxy) is 1. The van der Waals surface area contributed by atoms with Gasteiger partial charge in [-0.1, -0.05) is 73.4 Å². The monoisotopic (exact) mass is 654 g/mol. The molecule has 2 aromatic carbocycles. The van der Waals surface area contributed by atoms with Gasteiger partial charge in [0.25, 0.3) is 5.91 Å². The highest BCUT2D eigenvalue weighted by atomic mass is 35.5. The van der Waals surface area contributed by atoms with E-state index in [0.29, 0.717) is 54.9 Å². The van der Waals surface area contributed by atoms with E-state index >= 15 is 8.78 Å². The molecule has 0 aliphatic carbocycles. The topological polar surface area (TPSA) is 117 Å². The third-order valence-corrected chi connectivity index (χ3v) is 7.96. The molecule has 1 fully saturated rings. The Morgan fingerprint density at radius 2 is 1.64 bits per heavy atom. The van der Waals surface area contributed by atoms with Crippen molar-refractivity contribution in [2.24, 2.45) is 5.92 Å². The number of alkyl halides is 2. The van der Waals surface area contributed by atoms with Crippen LogP contribution in [0.25, 0.3) is 0 Å². The Labute approximate surface area is 266 Å². The number of morpholine rings is 1. The van der Waals surface area contributed by atoms with E-state index < -0.39 is 47.4 Å². The Morgan fingerprint density at radius 3 is 2.27 bits per heavy atom. The fraction of sp³-hybridized carbons (Fsp3) is 0.484. The highest BCUT2D eigenvalue weighted by Gasteiger charge is 2.51. The number of benzene rings is 2. The van der Waals surface area contributed by atoms with Crippen LogP contribution in [-0.2, 0) is 36.8 Å². The quantitative estimate of drug-likeness (QED) is 0.253. The molecule has 0 aromatic heterocycles. The van der Waals surface area contributed by atoms with Crippen LogP contribution in [0.3, 0.4) is 0 Å². The predicted molar refractivity (Wildman–Crippen MR) is 164 cm³/mol. The molecule has 1 heterocycles. The lowest BCUT2D eigenvalue weighted by Gasteiger charge is -2.28. The van der Waals surface area contributed by atoms with E-state index in [2.05, 4.69) is 16.0 Å². The summed E-state index contributed by atoms with van der Waals surface area (Å²) in [5, 5.41) is 7.91. The minimum absolute atomic E-state index is 0.00572. The summed E-state index contributed by atoms with van der Waals surface area (Å²) in [4.78, 5) is 53.7. The first-order valence-electron chi connectivity index (χ1n) is 14.5. The third kappa shape index (κ3) is 10.5. The summed E-state index contributed by atoms with van der Waals surface area (Å²) in [7, 11) is 0. The van der Waals surface area contributed by atoms with E-state index in [1.165, 1.54) is 13.8 Å². The van der Waals surface area contributed by atoms with Gasteiger partial charge < -0.3 is 20.7 Å². The summed E-state index contributed by atoms with van der Waals surface area (Å²) in [5.41, 5.74) is 1.46. The fourth-order valence-electron chi connectivity index (χ4n) is 4.64. The molecule has 3 amide bonds. The number of nitrogens with zero attached hydrogens (tertiary/aromatic N) is 1. The SMILES string of the molecule is CC(C)[C@H](NC(=O)C(Cc1ccccc1)NC(=O)CCc1ccc(Cl)c(Cl)c1)C(=O)C(F)(F)C(=O)NCCN1CCOCC1. The average Bonchev–Trinajstić information content (AvgIpc) is 3.00. The van der Waals surface area contributed by atoms with E-state index in [1.807, 2.05) is 4.90 Å². The Morgan fingerprint density at radius 1 is 0.955 bits per heavy atom. The minimum Gasteiger partial charge on any atom is -0.379 e. The van der Waals surface area contributed by atoms with Gasteiger partial charge in [-0.3, -0.25) is 24.1 Å². The maximum absolute atomic E-state index is 15.1. The van der Waals surface area contributed by atoms with Gasteiger partial charge in [-0.2, -0.15) is 8.78 Å². The first-order valence-corrected chi connectivity index (χ1v) is 15.2. The van der Waals surface area contributed by atoms with Crippen molar-refractivity contribution in [1.82, 2.24) is 20.9 Å². The second-order valence-corrected chi connectivity index (χ2v) is 11.8. The molecule has 1 saturated heterocycles. The summed E-state index contributed by atoms with van der Waals surface area (Å²) in [6.45, 7) is 5.48. The van der Waals surface area contributed by atoms with Gasteiger partial charge >= 0.3 is 5.92 Å². The molecular formula is C31H38Cl2F2N4O5. The molecule has 0 radical (unpaired) electrons. The summed E-state index contributed by atoms with van der Waals surface area (Å²) in [6, 6.07) is 10.9. The van der Waals surface area contributed by atoms with Crippen molar-refractivity contribution in [2.45, 2.75) is 51.1 Å². The molecule has 240 valence electrons. The smallest absolute Gasteiger partial charge is 0.379 e. The number of carbonyl (C=O) groups excluding carboxylic acids is 4. The molecule has 1 aliphatic rings. The predicted octanol–water partition coefficient (Wildman–Crippen LogP) is 3.45. The number of hydrogen-bond donors (Lipinski definition) is 3. The van der Waals surface area contributed by atoms with Gasteiger partial charge in [0.1, 0.15) is 6.04 Å². The number of aryl methyl sites for hydroxylation is 1. The Hall–Kier alpha value is -3.12. The van der Waals surface area contributed by atoms with Gasteiger partial charge in [0, 0.05) is 39.0 Å². The standard InChI is InChI=1S/C31H38Cl2F2N4O5/c1-20(2)27(28(41)31(34,35)30(43)36-12-13-39-14-16-44-17-15-39)38-29(42)25(19-21-6-4-3-5-7-21)37-26(40)11-9-22-8-10-23(32)24(33)18-22/h3-8,10,18,20,25,27H,9,11-17,19H2,1-2H3,(H,36,43)(H,37,40)(H,38,42)/t25?,27-/m0/s1. The van der Waals surface area contributed by atoms with Crippen LogP contribution in [0.1, 0.15) is 31.4 Å². The van der Waals surface area contributed by atoms with Crippen molar-refractivity contribution in [1.29, 1.82) is 0 Å². The number of hydrogen-bond acceptors (Lipinski definition) is 6. The maximum Gasteiger partial charge on any atom is 0.383 e. The minimum atomic E-state index is -4.38. The zero-order valence-corrected chi connectivity index (χ0v) is 26.2. The highest BCUT2D eigenvalue weighted by molar-refractivity contribution is 6.42. The van der Waals surface area contributed by atoms with E-state index in [1.54, 1.807) is 48.5 Å². The zero-order chi connectivity index (χ0) is 32.3. The van der Waals surface area contributed by atoms with Crippen LogP contribution in [0.4, 0.5) is 8.78 Å². The second-order valence-electron chi connectivity index (χ2n) is 10.9. The van der Waals surface area contributed by atoms with Gasteiger partial charge in [0.05, 0.1) is 29.3 Å². The van der Waals surface area contributed by atoms with Crippen LogP contribution in [-0.4, -0.2) is 85.8 Å². The van der Waals surface area contributed by atoms with Gasteiger partial charge in [0.15, 0.2) is 0 Å². The first-order chi connectivity index (χ1) is 20.9. The molecule has 1 aliphatic heterocycles. The van der Waals surface area contributed by atoms with Crippen LogP contribution >= 0.6 is 23.2 Å². The average molecular weight is 656 g/mol. The molecule has 0 saturated carbocycles. The van der Waals surface area contributed by atoms with Gasteiger partial charge in [-0.15, -0.1) is 0 Å². The van der Waals surface area contributed by atoms with E-state index in [-0.39, 0.29) is 19.4 Å². The van der Waals surface area contributed by atoms with Crippen LogP contribution in [0.15, 0.2) is 48.5 Å². The number of halogens is 4.